The van der Waals surface area contributed by atoms with Crippen LogP contribution in [0.15, 0.2) is 18.2 Å². The smallest absolute Gasteiger partial charge is 0.228 e. The summed E-state index contributed by atoms with van der Waals surface area (Å²) in [5, 5.41) is 3.28. The summed E-state index contributed by atoms with van der Waals surface area (Å²) < 4.78 is 0. The highest BCUT2D eigenvalue weighted by Gasteiger charge is 2.50. The standard InChI is InChI=1S/C12H15ClN2O/c1-12(2)6-7(12)11(16)15-10-8(13)4-3-5-9(10)14/h3-5,7H,6,14H2,1-2H3,(H,15,16). The van der Waals surface area contributed by atoms with E-state index < -0.39 is 0 Å². The Morgan fingerprint density at radius 1 is 1.56 bits per heavy atom. The quantitative estimate of drug-likeness (QED) is 0.779. The average molecular weight is 239 g/mol. The Morgan fingerprint density at radius 2 is 2.19 bits per heavy atom. The fourth-order valence-electron chi connectivity index (χ4n) is 1.80. The number of nitrogen functional groups attached to an aromatic ring is 1. The van der Waals surface area contributed by atoms with Crippen LogP contribution in [0.3, 0.4) is 0 Å². The second-order valence-electron chi connectivity index (χ2n) is 4.94. The Hall–Kier alpha value is -1.22. The molecule has 1 unspecified atom stereocenters. The maximum Gasteiger partial charge on any atom is 0.228 e. The van der Waals surface area contributed by atoms with Crippen LogP contribution in [0.1, 0.15) is 20.3 Å². The third kappa shape index (κ3) is 2.00. The van der Waals surface area contributed by atoms with E-state index in [1.54, 1.807) is 18.2 Å². The molecule has 0 radical (unpaired) electrons. The molecule has 1 amide bonds. The van der Waals surface area contributed by atoms with Gasteiger partial charge in [-0.3, -0.25) is 4.79 Å². The predicted octanol–water partition coefficient (Wildman–Crippen LogP) is 2.91. The molecule has 0 bridgehead atoms. The van der Waals surface area contributed by atoms with Crippen molar-refractivity contribution in [3.05, 3.63) is 23.2 Å². The van der Waals surface area contributed by atoms with Gasteiger partial charge in [-0.2, -0.15) is 0 Å². The van der Waals surface area contributed by atoms with Gasteiger partial charge in [0, 0.05) is 5.92 Å². The van der Waals surface area contributed by atoms with Crippen LogP contribution in [0.4, 0.5) is 11.4 Å². The average Bonchev–Trinajstić information content (AvgIpc) is 2.82. The molecule has 3 nitrogen and oxygen atoms in total. The summed E-state index contributed by atoms with van der Waals surface area (Å²) in [6.07, 6.45) is 0.920. The molecular weight excluding hydrogens is 224 g/mol. The van der Waals surface area contributed by atoms with Gasteiger partial charge in [0.1, 0.15) is 0 Å². The van der Waals surface area contributed by atoms with E-state index >= 15 is 0 Å². The zero-order chi connectivity index (χ0) is 11.9. The van der Waals surface area contributed by atoms with Crippen LogP contribution < -0.4 is 11.1 Å². The Bertz CT molecular complexity index is 422. The lowest BCUT2D eigenvalue weighted by Gasteiger charge is -2.10. The summed E-state index contributed by atoms with van der Waals surface area (Å²) >= 11 is 5.98. The van der Waals surface area contributed by atoms with Crippen LogP contribution in [0.25, 0.3) is 0 Å². The SMILES string of the molecule is CC1(C)CC1C(=O)Nc1c(N)cccc1Cl. The van der Waals surface area contributed by atoms with Crippen molar-refractivity contribution in [1.29, 1.82) is 0 Å². The molecule has 1 aromatic rings. The lowest BCUT2D eigenvalue weighted by atomic mass is 10.1. The number of hydrogen-bond acceptors (Lipinski definition) is 2. The Balaban J connectivity index is 2.13. The van der Waals surface area contributed by atoms with Gasteiger partial charge in [0.25, 0.3) is 0 Å². The van der Waals surface area contributed by atoms with Crippen molar-refractivity contribution in [3.8, 4) is 0 Å². The summed E-state index contributed by atoms with van der Waals surface area (Å²) in [6.45, 7) is 4.15. The summed E-state index contributed by atoms with van der Waals surface area (Å²) in [4.78, 5) is 11.9. The summed E-state index contributed by atoms with van der Waals surface area (Å²) in [6, 6.07) is 5.19. The van der Waals surface area contributed by atoms with E-state index in [2.05, 4.69) is 19.2 Å². The topological polar surface area (TPSA) is 55.1 Å². The minimum atomic E-state index is 0.00444. The molecule has 0 spiro atoms. The van der Waals surface area contributed by atoms with Crippen LogP contribution in [0.5, 0.6) is 0 Å². The van der Waals surface area contributed by atoms with Crippen molar-refractivity contribution in [3.63, 3.8) is 0 Å². The lowest BCUT2D eigenvalue weighted by Crippen LogP contribution is -2.17. The first-order valence-corrected chi connectivity index (χ1v) is 5.64. The molecule has 0 aromatic heterocycles. The van der Waals surface area contributed by atoms with Crippen molar-refractivity contribution >= 4 is 28.9 Å². The number of nitrogens with two attached hydrogens (primary N) is 1. The van der Waals surface area contributed by atoms with Crippen molar-refractivity contribution < 1.29 is 4.79 Å². The number of nitrogens with one attached hydrogen (secondary N) is 1. The molecule has 16 heavy (non-hydrogen) atoms. The zero-order valence-electron chi connectivity index (χ0n) is 9.38. The number of para-hydroxylation sites is 1. The zero-order valence-corrected chi connectivity index (χ0v) is 10.1. The Morgan fingerprint density at radius 3 is 2.69 bits per heavy atom. The number of amides is 1. The van der Waals surface area contributed by atoms with Gasteiger partial charge >= 0.3 is 0 Å². The van der Waals surface area contributed by atoms with Gasteiger partial charge in [-0.05, 0) is 24.0 Å². The maximum atomic E-state index is 11.9. The number of carbonyl (C=O) groups is 1. The van der Waals surface area contributed by atoms with Crippen molar-refractivity contribution in [2.45, 2.75) is 20.3 Å². The maximum absolute atomic E-state index is 11.9. The highest BCUT2D eigenvalue weighted by molar-refractivity contribution is 6.34. The first-order chi connectivity index (χ1) is 7.42. The second kappa shape index (κ2) is 3.67. The highest BCUT2D eigenvalue weighted by atomic mass is 35.5. The fourth-order valence-corrected chi connectivity index (χ4v) is 2.03. The van der Waals surface area contributed by atoms with Gasteiger partial charge in [-0.25, -0.2) is 0 Å². The number of carbonyl (C=O) groups excluding carboxylic acids is 1. The molecule has 1 aliphatic rings. The van der Waals surface area contributed by atoms with Crippen molar-refractivity contribution in [2.24, 2.45) is 11.3 Å². The molecule has 0 heterocycles. The van der Waals surface area contributed by atoms with Crippen LogP contribution in [0.2, 0.25) is 5.02 Å². The number of rotatable bonds is 2. The van der Waals surface area contributed by atoms with Crippen LogP contribution in [0, 0.1) is 11.3 Å². The summed E-state index contributed by atoms with van der Waals surface area (Å²) in [5.74, 6) is 0.0768. The fraction of sp³-hybridized carbons (Fsp3) is 0.417. The van der Waals surface area contributed by atoms with E-state index in [0.29, 0.717) is 16.4 Å². The van der Waals surface area contributed by atoms with Crippen LogP contribution >= 0.6 is 11.6 Å². The molecule has 0 saturated heterocycles. The lowest BCUT2D eigenvalue weighted by molar-refractivity contribution is -0.117. The van der Waals surface area contributed by atoms with Gasteiger partial charge < -0.3 is 11.1 Å². The van der Waals surface area contributed by atoms with Crippen molar-refractivity contribution in [1.82, 2.24) is 0 Å². The number of hydrogen-bond donors (Lipinski definition) is 2. The molecule has 0 aliphatic heterocycles. The minimum Gasteiger partial charge on any atom is -0.397 e. The third-order valence-electron chi connectivity index (χ3n) is 3.12. The molecule has 86 valence electrons. The molecule has 1 fully saturated rings. The second-order valence-corrected chi connectivity index (χ2v) is 5.35. The molecule has 1 aromatic carbocycles. The normalized spacial score (nSPS) is 21.6. The molecule has 2 rings (SSSR count). The third-order valence-corrected chi connectivity index (χ3v) is 3.44. The van der Waals surface area contributed by atoms with Gasteiger partial charge in [0.15, 0.2) is 0 Å². The summed E-state index contributed by atoms with van der Waals surface area (Å²) in [7, 11) is 0. The highest BCUT2D eigenvalue weighted by Crippen LogP contribution is 2.52. The van der Waals surface area contributed by atoms with Gasteiger partial charge in [-0.15, -0.1) is 0 Å². The molecular formula is C12H15ClN2O. The molecule has 1 saturated carbocycles. The van der Waals surface area contributed by atoms with Gasteiger partial charge in [0.2, 0.25) is 5.91 Å². The molecule has 4 heteroatoms. The van der Waals surface area contributed by atoms with Crippen molar-refractivity contribution in [2.75, 3.05) is 11.1 Å². The first-order valence-electron chi connectivity index (χ1n) is 5.26. The molecule has 1 atom stereocenters. The summed E-state index contributed by atoms with van der Waals surface area (Å²) in [5.41, 5.74) is 6.89. The van der Waals surface area contributed by atoms with E-state index in [4.69, 9.17) is 17.3 Å². The first kappa shape index (κ1) is 11.3. The van der Waals surface area contributed by atoms with E-state index in [1.807, 2.05) is 0 Å². The van der Waals surface area contributed by atoms with Crippen LogP contribution in [-0.4, -0.2) is 5.91 Å². The Labute approximate surface area is 100.0 Å². The number of anilines is 2. The van der Waals surface area contributed by atoms with E-state index in [-0.39, 0.29) is 17.2 Å². The van der Waals surface area contributed by atoms with Gasteiger partial charge in [0.05, 0.1) is 16.4 Å². The van der Waals surface area contributed by atoms with Crippen LogP contribution in [-0.2, 0) is 4.79 Å². The molecule has 1 aliphatic carbocycles. The molecule has 3 N–H and O–H groups in total. The number of benzene rings is 1. The Kier molecular flexibility index (Phi) is 2.58. The van der Waals surface area contributed by atoms with E-state index in [1.165, 1.54) is 0 Å². The number of halogens is 1. The van der Waals surface area contributed by atoms with Gasteiger partial charge in [-0.1, -0.05) is 31.5 Å². The predicted molar refractivity (Wildman–Crippen MR) is 66.4 cm³/mol. The monoisotopic (exact) mass is 238 g/mol. The largest absolute Gasteiger partial charge is 0.397 e. The minimum absolute atomic E-state index is 0.00444. The van der Waals surface area contributed by atoms with E-state index in [9.17, 15) is 4.79 Å². The van der Waals surface area contributed by atoms with E-state index in [0.717, 1.165) is 6.42 Å².